The molecule has 0 saturated carbocycles. The molecule has 1 aromatic carbocycles. The smallest absolute Gasteiger partial charge is 0.248 e. The second-order valence-corrected chi connectivity index (χ2v) is 4.78. The van der Waals surface area contributed by atoms with Gasteiger partial charge in [0.25, 0.3) is 0 Å². The molecule has 1 aliphatic heterocycles. The molecule has 0 radical (unpaired) electrons. The van der Waals surface area contributed by atoms with E-state index >= 15 is 0 Å². The Morgan fingerprint density at radius 1 is 1.18 bits per heavy atom. The maximum absolute atomic E-state index is 11.0. The number of hydrogen-bond acceptors (Lipinski definition) is 7. The number of nitrogens with zero attached hydrogens (tertiary/aromatic N) is 4. The highest BCUT2D eigenvalue weighted by Crippen LogP contribution is 2.16. The van der Waals surface area contributed by atoms with Crippen LogP contribution in [0.2, 0.25) is 0 Å². The van der Waals surface area contributed by atoms with Gasteiger partial charge in [-0.1, -0.05) is 0 Å². The molecule has 1 aliphatic rings. The molecule has 1 aromatic heterocycles. The lowest BCUT2D eigenvalue weighted by Crippen LogP contribution is -2.37. The van der Waals surface area contributed by atoms with Gasteiger partial charge in [-0.2, -0.15) is 4.98 Å². The maximum Gasteiger partial charge on any atom is 0.248 e. The van der Waals surface area contributed by atoms with E-state index in [1.807, 2.05) is 4.90 Å². The van der Waals surface area contributed by atoms with Gasteiger partial charge in [0.1, 0.15) is 6.33 Å². The summed E-state index contributed by atoms with van der Waals surface area (Å²) in [6.07, 6.45) is 1.47. The van der Waals surface area contributed by atoms with Gasteiger partial charge in [-0.3, -0.25) is 4.79 Å². The van der Waals surface area contributed by atoms with Crippen molar-refractivity contribution < 1.29 is 9.53 Å². The lowest BCUT2D eigenvalue weighted by atomic mass is 10.2. The molecule has 1 fully saturated rings. The Bertz CT molecular complexity index is 655. The Morgan fingerprint density at radius 3 is 2.59 bits per heavy atom. The van der Waals surface area contributed by atoms with Gasteiger partial charge in [0, 0.05) is 24.3 Å². The topological polar surface area (TPSA) is 106 Å². The van der Waals surface area contributed by atoms with Gasteiger partial charge < -0.3 is 20.7 Å². The molecule has 0 atom stereocenters. The zero-order valence-corrected chi connectivity index (χ0v) is 11.9. The molecule has 2 aromatic rings. The van der Waals surface area contributed by atoms with Crippen molar-refractivity contribution in [1.82, 2.24) is 15.0 Å². The summed E-state index contributed by atoms with van der Waals surface area (Å²) in [5, 5.41) is 3.08. The number of benzene rings is 1. The summed E-state index contributed by atoms with van der Waals surface area (Å²) < 4.78 is 5.31. The van der Waals surface area contributed by atoms with E-state index in [1.54, 1.807) is 24.3 Å². The number of nitrogens with one attached hydrogen (secondary N) is 1. The summed E-state index contributed by atoms with van der Waals surface area (Å²) in [5.41, 5.74) is 6.43. The fourth-order valence-electron chi connectivity index (χ4n) is 2.11. The molecule has 2 heterocycles. The van der Waals surface area contributed by atoms with Crippen LogP contribution in [0.3, 0.4) is 0 Å². The number of aromatic nitrogens is 3. The number of anilines is 3. The molecular formula is C14H16N6O2. The minimum absolute atomic E-state index is 0.448. The fraction of sp³-hybridized carbons (Fsp3) is 0.286. The number of nitrogens with two attached hydrogens (primary N) is 1. The number of hydrogen-bond donors (Lipinski definition) is 2. The lowest BCUT2D eigenvalue weighted by Gasteiger charge is -2.26. The Kier molecular flexibility index (Phi) is 4.10. The van der Waals surface area contributed by atoms with Crippen LogP contribution in [-0.4, -0.2) is 47.2 Å². The number of primary amides is 1. The standard InChI is InChI=1S/C14H16N6O2/c15-12(21)10-1-3-11(4-2-10)18-13-16-9-17-14(19-13)20-5-7-22-8-6-20/h1-4,9H,5-8H2,(H2,15,21)(H,16,17,18,19). The van der Waals surface area contributed by atoms with Crippen molar-refractivity contribution in [3.8, 4) is 0 Å². The second kappa shape index (κ2) is 6.35. The SMILES string of the molecule is NC(=O)c1ccc(Nc2ncnc(N3CCOCC3)n2)cc1. The van der Waals surface area contributed by atoms with Crippen molar-refractivity contribution in [1.29, 1.82) is 0 Å². The number of amides is 1. The Balaban J connectivity index is 1.73. The van der Waals surface area contributed by atoms with Crippen LogP contribution in [0.5, 0.6) is 0 Å². The summed E-state index contributed by atoms with van der Waals surface area (Å²) in [5.74, 6) is 0.610. The molecule has 114 valence electrons. The van der Waals surface area contributed by atoms with Crippen molar-refractivity contribution >= 4 is 23.5 Å². The van der Waals surface area contributed by atoms with E-state index in [0.29, 0.717) is 30.7 Å². The third-order valence-electron chi connectivity index (χ3n) is 3.28. The lowest BCUT2D eigenvalue weighted by molar-refractivity contribution is 0.100. The van der Waals surface area contributed by atoms with Crippen LogP contribution in [-0.2, 0) is 4.74 Å². The van der Waals surface area contributed by atoms with Gasteiger partial charge in [0.15, 0.2) is 0 Å². The summed E-state index contributed by atoms with van der Waals surface area (Å²) in [4.78, 5) is 25.8. The molecule has 0 spiro atoms. The van der Waals surface area contributed by atoms with E-state index in [4.69, 9.17) is 10.5 Å². The van der Waals surface area contributed by atoms with Gasteiger partial charge >= 0.3 is 0 Å². The summed E-state index contributed by atoms with van der Waals surface area (Å²) in [7, 11) is 0. The van der Waals surface area contributed by atoms with Gasteiger partial charge in [0.05, 0.1) is 13.2 Å². The molecular weight excluding hydrogens is 284 g/mol. The minimum atomic E-state index is -0.457. The van der Waals surface area contributed by atoms with Gasteiger partial charge in [0.2, 0.25) is 17.8 Å². The van der Waals surface area contributed by atoms with Crippen LogP contribution in [0.4, 0.5) is 17.6 Å². The third-order valence-corrected chi connectivity index (χ3v) is 3.28. The van der Waals surface area contributed by atoms with E-state index in [9.17, 15) is 4.79 Å². The third kappa shape index (κ3) is 3.29. The highest BCUT2D eigenvalue weighted by molar-refractivity contribution is 5.93. The van der Waals surface area contributed by atoms with E-state index in [-0.39, 0.29) is 0 Å². The largest absolute Gasteiger partial charge is 0.378 e. The number of rotatable bonds is 4. The van der Waals surface area contributed by atoms with Gasteiger partial charge in [-0.15, -0.1) is 0 Å². The quantitative estimate of drug-likeness (QED) is 0.849. The summed E-state index contributed by atoms with van der Waals surface area (Å²) >= 11 is 0. The predicted octanol–water partition coefficient (Wildman–Crippen LogP) is 0.551. The average Bonchev–Trinajstić information content (AvgIpc) is 2.56. The number of carbonyl (C=O) groups excluding carboxylic acids is 1. The van der Waals surface area contributed by atoms with E-state index in [0.717, 1.165) is 18.8 Å². The highest BCUT2D eigenvalue weighted by Gasteiger charge is 2.14. The van der Waals surface area contributed by atoms with Crippen molar-refractivity contribution in [3.05, 3.63) is 36.2 Å². The molecule has 8 heteroatoms. The van der Waals surface area contributed by atoms with Crippen LogP contribution in [0.25, 0.3) is 0 Å². The first kappa shape index (κ1) is 14.2. The van der Waals surface area contributed by atoms with Crippen LogP contribution < -0.4 is 16.0 Å². The van der Waals surface area contributed by atoms with Crippen LogP contribution in [0, 0.1) is 0 Å². The number of carbonyl (C=O) groups is 1. The van der Waals surface area contributed by atoms with E-state index in [2.05, 4.69) is 20.3 Å². The van der Waals surface area contributed by atoms with Crippen molar-refractivity contribution in [2.75, 3.05) is 36.5 Å². The van der Waals surface area contributed by atoms with Gasteiger partial charge in [-0.25, -0.2) is 9.97 Å². The molecule has 3 N–H and O–H groups in total. The monoisotopic (exact) mass is 300 g/mol. The summed E-state index contributed by atoms with van der Waals surface area (Å²) in [6.45, 7) is 2.86. The molecule has 0 aliphatic carbocycles. The predicted molar refractivity (Wildman–Crippen MR) is 81.1 cm³/mol. The Labute approximate surface area is 127 Å². The van der Waals surface area contributed by atoms with Crippen molar-refractivity contribution in [3.63, 3.8) is 0 Å². The second-order valence-electron chi connectivity index (χ2n) is 4.78. The number of morpholine rings is 1. The zero-order chi connectivity index (χ0) is 15.4. The van der Waals surface area contributed by atoms with Crippen molar-refractivity contribution in [2.24, 2.45) is 5.73 Å². The molecule has 0 unspecified atom stereocenters. The highest BCUT2D eigenvalue weighted by atomic mass is 16.5. The van der Waals surface area contributed by atoms with E-state index < -0.39 is 5.91 Å². The molecule has 8 nitrogen and oxygen atoms in total. The average molecular weight is 300 g/mol. The fourth-order valence-corrected chi connectivity index (χ4v) is 2.11. The van der Waals surface area contributed by atoms with Crippen LogP contribution >= 0.6 is 0 Å². The zero-order valence-electron chi connectivity index (χ0n) is 11.9. The summed E-state index contributed by atoms with van der Waals surface area (Å²) in [6, 6.07) is 6.79. The maximum atomic E-state index is 11.0. The molecule has 1 saturated heterocycles. The number of ether oxygens (including phenoxy) is 1. The van der Waals surface area contributed by atoms with Gasteiger partial charge in [-0.05, 0) is 24.3 Å². The van der Waals surface area contributed by atoms with E-state index in [1.165, 1.54) is 6.33 Å². The molecule has 0 bridgehead atoms. The molecule has 1 amide bonds. The molecule has 3 rings (SSSR count). The first-order chi connectivity index (χ1) is 10.7. The van der Waals surface area contributed by atoms with Crippen LogP contribution in [0.1, 0.15) is 10.4 Å². The van der Waals surface area contributed by atoms with Crippen LogP contribution in [0.15, 0.2) is 30.6 Å². The first-order valence-corrected chi connectivity index (χ1v) is 6.91. The first-order valence-electron chi connectivity index (χ1n) is 6.91. The Morgan fingerprint density at radius 2 is 1.91 bits per heavy atom. The normalized spacial score (nSPS) is 14.6. The Hall–Kier alpha value is -2.74. The minimum Gasteiger partial charge on any atom is -0.378 e. The van der Waals surface area contributed by atoms with Crippen molar-refractivity contribution in [2.45, 2.75) is 0 Å². The molecule has 22 heavy (non-hydrogen) atoms.